The van der Waals surface area contributed by atoms with Gasteiger partial charge >= 0.3 is 5.97 Å². The number of hydrogen-bond acceptors (Lipinski definition) is 4. The third-order valence-electron chi connectivity index (χ3n) is 2.04. The first-order chi connectivity index (χ1) is 7.24. The Morgan fingerprint density at radius 1 is 1.67 bits per heavy atom. The van der Waals surface area contributed by atoms with Crippen LogP contribution in [0.2, 0.25) is 0 Å². The van der Waals surface area contributed by atoms with Gasteiger partial charge in [-0.25, -0.2) is 0 Å². The molecule has 0 aliphatic rings. The second kappa shape index (κ2) is 6.14. The fourth-order valence-electron chi connectivity index (χ4n) is 1.20. The van der Waals surface area contributed by atoms with Gasteiger partial charge in [0.05, 0.1) is 13.2 Å². The van der Waals surface area contributed by atoms with E-state index in [9.17, 15) is 4.79 Å². The van der Waals surface area contributed by atoms with E-state index in [1.807, 2.05) is 19.1 Å². The fraction of sp³-hybridized carbons (Fsp3) is 0.455. The monoisotopic (exact) mass is 208 g/mol. The number of esters is 1. The Labute approximate surface area is 89.7 Å². The Balaban J connectivity index is 2.37. The Morgan fingerprint density at radius 3 is 3.07 bits per heavy atom. The Bertz CT molecular complexity index is 301. The minimum atomic E-state index is -0.228. The molecule has 1 N–H and O–H groups in total. The van der Waals surface area contributed by atoms with Crippen molar-refractivity contribution in [3.63, 3.8) is 0 Å². The van der Waals surface area contributed by atoms with Crippen molar-refractivity contribution in [1.29, 1.82) is 0 Å². The molecule has 0 spiro atoms. The van der Waals surface area contributed by atoms with E-state index in [4.69, 9.17) is 4.74 Å². The fourth-order valence-corrected chi connectivity index (χ4v) is 1.20. The van der Waals surface area contributed by atoms with E-state index in [2.05, 4.69) is 10.3 Å². The molecule has 4 heteroatoms. The zero-order valence-corrected chi connectivity index (χ0v) is 9.06. The van der Waals surface area contributed by atoms with Gasteiger partial charge in [0.25, 0.3) is 0 Å². The summed E-state index contributed by atoms with van der Waals surface area (Å²) in [4.78, 5) is 15.1. The van der Waals surface area contributed by atoms with E-state index >= 15 is 0 Å². The Morgan fingerprint density at radius 2 is 2.47 bits per heavy atom. The molecule has 4 nitrogen and oxygen atoms in total. The maximum Gasteiger partial charge on any atom is 0.319 e. The summed E-state index contributed by atoms with van der Waals surface area (Å²) in [6.45, 7) is 4.42. The van der Waals surface area contributed by atoms with Crippen LogP contribution in [0.4, 0.5) is 0 Å². The largest absolute Gasteiger partial charge is 0.465 e. The highest BCUT2D eigenvalue weighted by Crippen LogP contribution is 2.08. The van der Waals surface area contributed by atoms with E-state index in [1.54, 1.807) is 19.3 Å². The summed E-state index contributed by atoms with van der Waals surface area (Å²) in [6.07, 6.45) is 3.50. The van der Waals surface area contributed by atoms with Crippen molar-refractivity contribution in [2.24, 2.45) is 0 Å². The van der Waals surface area contributed by atoms with Crippen LogP contribution in [-0.2, 0) is 9.53 Å². The number of hydrogen-bond donors (Lipinski definition) is 1. The summed E-state index contributed by atoms with van der Waals surface area (Å²) in [7, 11) is 0. The summed E-state index contributed by atoms with van der Waals surface area (Å²) in [5.41, 5.74) is 1.06. The van der Waals surface area contributed by atoms with Gasteiger partial charge in [-0.3, -0.25) is 9.78 Å². The second-order valence-corrected chi connectivity index (χ2v) is 3.19. The number of carbonyl (C=O) groups is 1. The van der Waals surface area contributed by atoms with Crippen molar-refractivity contribution >= 4 is 5.97 Å². The Hall–Kier alpha value is -1.42. The SMILES string of the molecule is CCOC(=O)CN[C@H](C)c1cccnc1. The highest BCUT2D eigenvalue weighted by atomic mass is 16.5. The minimum Gasteiger partial charge on any atom is -0.465 e. The molecule has 15 heavy (non-hydrogen) atoms. The number of nitrogens with zero attached hydrogens (tertiary/aromatic N) is 1. The molecule has 1 atom stereocenters. The highest BCUT2D eigenvalue weighted by molar-refractivity contribution is 5.71. The molecule has 1 rings (SSSR count). The molecule has 0 bridgehead atoms. The van der Waals surface area contributed by atoms with Gasteiger partial charge in [-0.1, -0.05) is 6.07 Å². The molecule has 1 aromatic heterocycles. The number of nitrogens with one attached hydrogen (secondary N) is 1. The normalized spacial score (nSPS) is 12.1. The molecule has 0 amide bonds. The molecule has 82 valence electrons. The van der Waals surface area contributed by atoms with Gasteiger partial charge < -0.3 is 10.1 Å². The average molecular weight is 208 g/mol. The highest BCUT2D eigenvalue weighted by Gasteiger charge is 2.07. The van der Waals surface area contributed by atoms with E-state index in [0.717, 1.165) is 5.56 Å². The molecule has 1 aromatic rings. The van der Waals surface area contributed by atoms with Gasteiger partial charge in [0, 0.05) is 18.4 Å². The van der Waals surface area contributed by atoms with Gasteiger partial charge in [0.2, 0.25) is 0 Å². The predicted molar refractivity (Wildman–Crippen MR) is 57.3 cm³/mol. The maximum absolute atomic E-state index is 11.1. The van der Waals surface area contributed by atoms with E-state index in [1.165, 1.54) is 0 Å². The van der Waals surface area contributed by atoms with Crippen LogP contribution >= 0.6 is 0 Å². The van der Waals surface area contributed by atoms with Crippen LogP contribution in [0.5, 0.6) is 0 Å². The molecule has 0 radical (unpaired) electrons. The van der Waals surface area contributed by atoms with Crippen LogP contribution in [0.25, 0.3) is 0 Å². The maximum atomic E-state index is 11.1. The van der Waals surface area contributed by atoms with Gasteiger partial charge in [-0.05, 0) is 25.5 Å². The van der Waals surface area contributed by atoms with Crippen molar-refractivity contribution in [2.45, 2.75) is 19.9 Å². The number of rotatable bonds is 5. The second-order valence-electron chi connectivity index (χ2n) is 3.19. The van der Waals surface area contributed by atoms with Gasteiger partial charge in [0.1, 0.15) is 0 Å². The Kier molecular flexibility index (Phi) is 4.77. The quantitative estimate of drug-likeness (QED) is 0.741. The lowest BCUT2D eigenvalue weighted by Crippen LogP contribution is -2.27. The van der Waals surface area contributed by atoms with Crippen LogP contribution in [0.3, 0.4) is 0 Å². The predicted octanol–water partition coefficient (Wildman–Crippen LogP) is 1.30. The molecule has 0 saturated heterocycles. The molecule has 0 saturated carbocycles. The van der Waals surface area contributed by atoms with Crippen molar-refractivity contribution in [3.05, 3.63) is 30.1 Å². The number of aromatic nitrogens is 1. The van der Waals surface area contributed by atoms with E-state index < -0.39 is 0 Å². The summed E-state index contributed by atoms with van der Waals surface area (Å²) >= 11 is 0. The minimum absolute atomic E-state index is 0.100. The topological polar surface area (TPSA) is 51.2 Å². The van der Waals surface area contributed by atoms with Crippen molar-refractivity contribution in [3.8, 4) is 0 Å². The number of ether oxygens (including phenoxy) is 1. The van der Waals surface area contributed by atoms with Crippen molar-refractivity contribution < 1.29 is 9.53 Å². The molecule has 0 unspecified atom stereocenters. The van der Waals surface area contributed by atoms with Crippen LogP contribution in [0.1, 0.15) is 25.5 Å². The van der Waals surface area contributed by atoms with Crippen molar-refractivity contribution in [1.82, 2.24) is 10.3 Å². The molecular weight excluding hydrogens is 192 g/mol. The molecule has 0 fully saturated rings. The van der Waals surface area contributed by atoms with Crippen LogP contribution in [-0.4, -0.2) is 24.1 Å². The lowest BCUT2D eigenvalue weighted by atomic mass is 10.1. The zero-order chi connectivity index (χ0) is 11.1. The van der Waals surface area contributed by atoms with Crippen molar-refractivity contribution in [2.75, 3.05) is 13.2 Å². The summed E-state index contributed by atoms with van der Waals surface area (Å²) in [5.74, 6) is -0.228. The lowest BCUT2D eigenvalue weighted by Gasteiger charge is -2.12. The van der Waals surface area contributed by atoms with Crippen LogP contribution < -0.4 is 5.32 Å². The van der Waals surface area contributed by atoms with Gasteiger partial charge in [0.15, 0.2) is 0 Å². The molecule has 0 aromatic carbocycles. The molecular formula is C11H16N2O2. The third kappa shape index (κ3) is 4.08. The van der Waals surface area contributed by atoms with E-state index in [-0.39, 0.29) is 18.6 Å². The smallest absolute Gasteiger partial charge is 0.319 e. The zero-order valence-electron chi connectivity index (χ0n) is 9.06. The average Bonchev–Trinajstić information content (AvgIpc) is 2.27. The van der Waals surface area contributed by atoms with Crippen LogP contribution in [0.15, 0.2) is 24.5 Å². The van der Waals surface area contributed by atoms with E-state index in [0.29, 0.717) is 6.61 Å². The summed E-state index contributed by atoms with van der Waals surface area (Å²) in [6, 6.07) is 3.94. The lowest BCUT2D eigenvalue weighted by molar-refractivity contribution is -0.142. The first-order valence-electron chi connectivity index (χ1n) is 5.03. The van der Waals surface area contributed by atoms with Crippen LogP contribution in [0, 0.1) is 0 Å². The number of pyridine rings is 1. The third-order valence-corrected chi connectivity index (χ3v) is 2.04. The van der Waals surface area contributed by atoms with Gasteiger partial charge in [-0.2, -0.15) is 0 Å². The molecule has 0 aliphatic heterocycles. The van der Waals surface area contributed by atoms with Gasteiger partial charge in [-0.15, -0.1) is 0 Å². The molecule has 1 heterocycles. The molecule has 0 aliphatic carbocycles. The summed E-state index contributed by atoms with van der Waals surface area (Å²) < 4.78 is 4.81. The first-order valence-corrected chi connectivity index (χ1v) is 5.03. The number of carbonyl (C=O) groups excluding carboxylic acids is 1. The first kappa shape index (κ1) is 11.7. The standard InChI is InChI=1S/C11H16N2O2/c1-3-15-11(14)8-13-9(2)10-5-4-6-12-7-10/h4-7,9,13H,3,8H2,1-2H3/t9-/m1/s1. The summed E-state index contributed by atoms with van der Waals surface area (Å²) in [5, 5.41) is 3.07.